The molecule has 0 aromatic carbocycles. The van der Waals surface area contributed by atoms with Gasteiger partial charge in [-0.05, 0) is 32.8 Å². The summed E-state index contributed by atoms with van der Waals surface area (Å²) < 4.78 is 10.9. The van der Waals surface area contributed by atoms with Crippen molar-refractivity contribution in [3.05, 3.63) is 27.5 Å². The van der Waals surface area contributed by atoms with Gasteiger partial charge in [-0.15, -0.1) is 11.3 Å². The van der Waals surface area contributed by atoms with E-state index in [1.54, 1.807) is 11.3 Å². The predicted molar refractivity (Wildman–Crippen MR) is 99.6 cm³/mol. The van der Waals surface area contributed by atoms with Crippen LogP contribution in [0.25, 0.3) is 10.4 Å². The average molecular weight is 381 g/mol. The third-order valence-corrected chi connectivity index (χ3v) is 5.93. The van der Waals surface area contributed by atoms with Gasteiger partial charge < -0.3 is 9.26 Å². The lowest BCUT2D eigenvalue weighted by atomic mass is 10.0. The van der Waals surface area contributed by atoms with E-state index in [0.717, 1.165) is 40.1 Å². The van der Waals surface area contributed by atoms with Gasteiger partial charge in [-0.3, -0.25) is 9.79 Å². The van der Waals surface area contributed by atoms with Gasteiger partial charge in [-0.1, -0.05) is 30.1 Å². The van der Waals surface area contributed by atoms with E-state index >= 15 is 0 Å². The summed E-state index contributed by atoms with van der Waals surface area (Å²) in [6.45, 7) is 8.15. The van der Waals surface area contributed by atoms with Crippen LogP contribution >= 0.6 is 22.9 Å². The Morgan fingerprint density at radius 3 is 2.80 bits per heavy atom. The summed E-state index contributed by atoms with van der Waals surface area (Å²) in [5.74, 6) is 0.385. The van der Waals surface area contributed by atoms with Crippen molar-refractivity contribution in [3.8, 4) is 10.4 Å². The second kappa shape index (κ2) is 7.30. The summed E-state index contributed by atoms with van der Waals surface area (Å²) in [6, 6.07) is -0.478. The zero-order valence-corrected chi connectivity index (χ0v) is 16.4. The van der Waals surface area contributed by atoms with E-state index in [9.17, 15) is 4.79 Å². The molecule has 7 heteroatoms. The number of aryl methyl sites for hydroxylation is 2. The summed E-state index contributed by atoms with van der Waals surface area (Å²) >= 11 is 8.18. The molecule has 0 unspecified atom stereocenters. The van der Waals surface area contributed by atoms with Crippen LogP contribution in [-0.2, 0) is 9.53 Å². The van der Waals surface area contributed by atoms with E-state index < -0.39 is 6.04 Å². The van der Waals surface area contributed by atoms with Gasteiger partial charge in [-0.2, -0.15) is 0 Å². The van der Waals surface area contributed by atoms with E-state index in [1.807, 2.05) is 20.8 Å². The smallest absolute Gasteiger partial charge is 0.305 e. The number of hydrogen-bond acceptors (Lipinski definition) is 6. The average Bonchev–Trinajstić information content (AvgIpc) is 3.05. The molecule has 0 spiro atoms. The summed E-state index contributed by atoms with van der Waals surface area (Å²) in [7, 11) is 0. The summed E-state index contributed by atoms with van der Waals surface area (Å²) in [5, 5.41) is 4.54. The minimum absolute atomic E-state index is 0.105. The predicted octanol–water partition coefficient (Wildman–Crippen LogP) is 5.10. The lowest BCUT2D eigenvalue weighted by Crippen LogP contribution is -2.12. The Bertz CT molecular complexity index is 838. The maximum atomic E-state index is 11.8. The highest BCUT2D eigenvalue weighted by atomic mass is 35.5. The fraction of sp³-hybridized carbons (Fsp3) is 0.500. The molecule has 25 heavy (non-hydrogen) atoms. The van der Waals surface area contributed by atoms with Gasteiger partial charge >= 0.3 is 5.97 Å². The van der Waals surface area contributed by atoms with Crippen molar-refractivity contribution >= 4 is 34.1 Å². The van der Waals surface area contributed by atoms with Crippen molar-refractivity contribution in [1.29, 1.82) is 0 Å². The number of hydrogen-bond donors (Lipinski definition) is 0. The summed E-state index contributed by atoms with van der Waals surface area (Å²) in [4.78, 5) is 18.6. The number of fused-ring (bicyclic) bond motifs is 3. The Morgan fingerprint density at radius 2 is 2.08 bits per heavy atom. The second-order valence-corrected chi connectivity index (χ2v) is 7.80. The van der Waals surface area contributed by atoms with Gasteiger partial charge in [0.1, 0.15) is 17.8 Å². The molecule has 2 aromatic rings. The molecule has 0 bridgehead atoms. The molecule has 1 aliphatic rings. The molecule has 0 N–H and O–H groups in total. The van der Waals surface area contributed by atoms with Crippen molar-refractivity contribution in [3.63, 3.8) is 0 Å². The maximum Gasteiger partial charge on any atom is 0.305 e. The van der Waals surface area contributed by atoms with Gasteiger partial charge in [0.2, 0.25) is 0 Å². The molecular formula is C18H21ClN2O3S. The largest absolute Gasteiger partial charge is 0.463 e. The molecule has 0 fully saturated rings. The molecule has 0 amide bonds. The number of carbonyl (C=O) groups excluding carboxylic acids is 1. The third kappa shape index (κ3) is 3.37. The lowest BCUT2D eigenvalue weighted by molar-refractivity contribution is -0.144. The Kier molecular flexibility index (Phi) is 5.29. The maximum absolute atomic E-state index is 11.8. The van der Waals surface area contributed by atoms with Crippen LogP contribution in [0.3, 0.4) is 0 Å². The van der Waals surface area contributed by atoms with E-state index in [-0.39, 0.29) is 12.6 Å². The minimum Gasteiger partial charge on any atom is -0.463 e. The van der Waals surface area contributed by atoms with Crippen LogP contribution in [0.4, 0.5) is 0 Å². The molecule has 0 radical (unpaired) electrons. The first kappa shape index (κ1) is 18.1. The number of thiophene rings is 1. The number of carbonyl (C=O) groups is 1. The van der Waals surface area contributed by atoms with Crippen LogP contribution in [0, 0.1) is 20.8 Å². The normalized spacial score (nSPS) is 16.0. The standard InChI is InChI=1S/C18H21ClN2O3S/c1-5-6-7-13(22)23-8-12-16-15(10(3)21-24-16)17-14(18(19)20-12)9(2)11(4)25-17/h12H,5-8H2,1-4H3/t12-/m0/s1. The SMILES string of the molecule is CCCCC(=O)OC[C@@H]1N=C(Cl)c2c(sc(C)c2C)-c2c(C)noc21. The number of aliphatic imine (C=N–C) groups is 1. The molecule has 2 aromatic heterocycles. The van der Waals surface area contributed by atoms with Crippen LogP contribution in [-0.4, -0.2) is 22.9 Å². The van der Waals surface area contributed by atoms with Gasteiger partial charge in [0, 0.05) is 16.9 Å². The quantitative estimate of drug-likeness (QED) is 0.676. The van der Waals surface area contributed by atoms with Crippen LogP contribution in [0.2, 0.25) is 0 Å². The Labute approximate surface area is 156 Å². The molecule has 134 valence electrons. The number of nitrogens with zero attached hydrogens (tertiary/aromatic N) is 2. The van der Waals surface area contributed by atoms with Crippen molar-refractivity contribution in [2.24, 2.45) is 4.99 Å². The highest BCUT2D eigenvalue weighted by Gasteiger charge is 2.32. The first-order chi connectivity index (χ1) is 11.9. The van der Waals surface area contributed by atoms with E-state index in [2.05, 4.69) is 17.1 Å². The fourth-order valence-corrected chi connectivity index (χ4v) is 4.55. The summed E-state index contributed by atoms with van der Waals surface area (Å²) in [6.07, 6.45) is 2.18. The number of halogens is 1. The first-order valence-corrected chi connectivity index (χ1v) is 9.59. The molecule has 5 nitrogen and oxygen atoms in total. The van der Waals surface area contributed by atoms with Crippen LogP contribution < -0.4 is 0 Å². The zero-order valence-electron chi connectivity index (χ0n) is 14.8. The number of ether oxygens (including phenoxy) is 1. The van der Waals surface area contributed by atoms with Gasteiger partial charge in [-0.25, -0.2) is 0 Å². The minimum atomic E-state index is -0.478. The van der Waals surface area contributed by atoms with Crippen molar-refractivity contribution in [2.45, 2.75) is 53.0 Å². The molecule has 1 atom stereocenters. The lowest BCUT2D eigenvalue weighted by Gasteiger charge is -2.11. The molecular weight excluding hydrogens is 360 g/mol. The Morgan fingerprint density at radius 1 is 1.32 bits per heavy atom. The fourth-order valence-electron chi connectivity index (χ4n) is 2.88. The number of rotatable bonds is 5. The Balaban J connectivity index is 1.96. The van der Waals surface area contributed by atoms with Gasteiger partial charge in [0.25, 0.3) is 0 Å². The van der Waals surface area contributed by atoms with Gasteiger partial charge in [0.15, 0.2) is 5.76 Å². The van der Waals surface area contributed by atoms with E-state index in [1.165, 1.54) is 4.88 Å². The first-order valence-electron chi connectivity index (χ1n) is 8.39. The van der Waals surface area contributed by atoms with Crippen LogP contribution in [0.5, 0.6) is 0 Å². The monoisotopic (exact) mass is 380 g/mol. The number of aromatic nitrogens is 1. The molecule has 0 saturated carbocycles. The van der Waals surface area contributed by atoms with E-state index in [0.29, 0.717) is 17.4 Å². The number of unbranched alkanes of at least 4 members (excludes halogenated alkanes) is 1. The van der Waals surface area contributed by atoms with Crippen molar-refractivity contribution in [2.75, 3.05) is 6.61 Å². The van der Waals surface area contributed by atoms with Crippen LogP contribution in [0.1, 0.15) is 59.7 Å². The molecule has 1 aliphatic heterocycles. The van der Waals surface area contributed by atoms with Gasteiger partial charge in [0.05, 0.1) is 16.1 Å². The second-order valence-electron chi connectivity index (χ2n) is 6.22. The zero-order chi connectivity index (χ0) is 18.1. The summed E-state index contributed by atoms with van der Waals surface area (Å²) in [5.41, 5.74) is 3.75. The van der Waals surface area contributed by atoms with Crippen LogP contribution in [0.15, 0.2) is 9.52 Å². The topological polar surface area (TPSA) is 64.7 Å². The highest BCUT2D eigenvalue weighted by Crippen LogP contribution is 2.45. The van der Waals surface area contributed by atoms with Crippen molar-refractivity contribution < 1.29 is 14.1 Å². The molecule has 3 rings (SSSR count). The molecule has 0 saturated heterocycles. The molecule has 0 aliphatic carbocycles. The molecule has 3 heterocycles. The van der Waals surface area contributed by atoms with Crippen molar-refractivity contribution in [1.82, 2.24) is 5.16 Å². The Hall–Kier alpha value is -1.66. The van der Waals surface area contributed by atoms with E-state index in [4.69, 9.17) is 20.9 Å². The third-order valence-electron chi connectivity index (χ3n) is 4.42. The number of esters is 1. The highest BCUT2D eigenvalue weighted by molar-refractivity contribution is 7.16.